The highest BCUT2D eigenvalue weighted by Crippen LogP contribution is 2.11. The van der Waals surface area contributed by atoms with E-state index < -0.39 is 0 Å². The summed E-state index contributed by atoms with van der Waals surface area (Å²) in [5.74, 6) is 0.684. The number of hydrogen-bond acceptors (Lipinski definition) is 4. The van der Waals surface area contributed by atoms with Crippen molar-refractivity contribution in [3.63, 3.8) is 0 Å². The SMILES string of the molecule is CC1=N[C@@H](CO)CO1.CSc1ccccc1. The molecule has 1 aromatic carbocycles. The molecule has 88 valence electrons. The van der Waals surface area contributed by atoms with Crippen molar-refractivity contribution in [3.8, 4) is 0 Å². The molecule has 0 spiro atoms. The third-order valence-electron chi connectivity index (χ3n) is 2.04. The molecule has 1 heterocycles. The zero-order chi connectivity index (χ0) is 11.8. The van der Waals surface area contributed by atoms with E-state index in [9.17, 15) is 0 Å². The summed E-state index contributed by atoms with van der Waals surface area (Å²) in [6.45, 7) is 2.43. The molecule has 1 aromatic rings. The maximum Gasteiger partial charge on any atom is 0.180 e. The number of ether oxygens (including phenoxy) is 1. The molecule has 0 saturated carbocycles. The van der Waals surface area contributed by atoms with Crippen molar-refractivity contribution in [2.24, 2.45) is 4.99 Å². The predicted molar refractivity (Wildman–Crippen MR) is 68.2 cm³/mol. The van der Waals surface area contributed by atoms with E-state index in [4.69, 9.17) is 9.84 Å². The van der Waals surface area contributed by atoms with E-state index in [2.05, 4.69) is 23.4 Å². The average molecular weight is 239 g/mol. The van der Waals surface area contributed by atoms with E-state index >= 15 is 0 Å². The maximum atomic E-state index is 8.50. The lowest BCUT2D eigenvalue weighted by Crippen LogP contribution is -2.10. The molecular formula is C12H17NO2S. The molecule has 0 fully saturated rings. The lowest BCUT2D eigenvalue weighted by atomic mass is 10.4. The standard InChI is InChI=1S/C7H8S.C5H9NO2/c1-8-7-5-3-2-4-6-7;1-4-6-5(2-7)3-8-4/h2-6H,1H3;5,7H,2-3H2,1H3/t;5-/m.0/s1. The third kappa shape index (κ3) is 4.68. The fourth-order valence-electron chi connectivity index (χ4n) is 1.20. The van der Waals surface area contributed by atoms with E-state index in [1.165, 1.54) is 4.90 Å². The molecule has 1 aliphatic heterocycles. The molecule has 0 amide bonds. The number of aliphatic hydroxyl groups is 1. The summed E-state index contributed by atoms with van der Waals surface area (Å²) in [6.07, 6.45) is 2.08. The van der Waals surface area contributed by atoms with Crippen molar-refractivity contribution in [1.29, 1.82) is 0 Å². The van der Waals surface area contributed by atoms with Crippen LogP contribution >= 0.6 is 11.8 Å². The van der Waals surface area contributed by atoms with Crippen LogP contribution in [0.3, 0.4) is 0 Å². The molecule has 0 saturated heterocycles. The fraction of sp³-hybridized carbons (Fsp3) is 0.417. The topological polar surface area (TPSA) is 41.8 Å². The van der Waals surface area contributed by atoms with Gasteiger partial charge in [0.15, 0.2) is 5.90 Å². The molecule has 1 aliphatic rings. The van der Waals surface area contributed by atoms with Crippen LogP contribution in [0.4, 0.5) is 0 Å². The van der Waals surface area contributed by atoms with Gasteiger partial charge in [0.1, 0.15) is 12.6 Å². The Hall–Kier alpha value is -1.00. The Morgan fingerprint density at radius 2 is 2.12 bits per heavy atom. The molecule has 0 unspecified atom stereocenters. The Kier molecular flexibility index (Phi) is 5.96. The van der Waals surface area contributed by atoms with Gasteiger partial charge in [-0.15, -0.1) is 11.8 Å². The van der Waals surface area contributed by atoms with Crippen LogP contribution in [-0.2, 0) is 4.74 Å². The molecule has 1 N–H and O–H groups in total. The van der Waals surface area contributed by atoms with Gasteiger partial charge < -0.3 is 9.84 Å². The van der Waals surface area contributed by atoms with Crippen LogP contribution in [0.1, 0.15) is 6.92 Å². The van der Waals surface area contributed by atoms with Gasteiger partial charge in [-0.2, -0.15) is 0 Å². The summed E-state index contributed by atoms with van der Waals surface area (Å²) < 4.78 is 4.95. The molecular weight excluding hydrogens is 222 g/mol. The van der Waals surface area contributed by atoms with Crippen molar-refractivity contribution in [2.75, 3.05) is 19.5 Å². The van der Waals surface area contributed by atoms with Crippen molar-refractivity contribution in [3.05, 3.63) is 30.3 Å². The van der Waals surface area contributed by atoms with Crippen molar-refractivity contribution in [1.82, 2.24) is 0 Å². The van der Waals surface area contributed by atoms with E-state index in [0.717, 1.165) is 0 Å². The summed E-state index contributed by atoms with van der Waals surface area (Å²) >= 11 is 1.77. The first-order valence-corrected chi connectivity index (χ1v) is 6.36. The van der Waals surface area contributed by atoms with Gasteiger partial charge in [-0.05, 0) is 18.4 Å². The molecule has 0 radical (unpaired) electrons. The van der Waals surface area contributed by atoms with Gasteiger partial charge in [0.05, 0.1) is 6.61 Å². The first-order chi connectivity index (χ1) is 7.76. The average Bonchev–Trinajstić information content (AvgIpc) is 2.77. The second kappa shape index (κ2) is 7.30. The van der Waals surface area contributed by atoms with Crippen molar-refractivity contribution >= 4 is 17.7 Å². The first-order valence-electron chi connectivity index (χ1n) is 5.13. The van der Waals surface area contributed by atoms with Gasteiger partial charge in [-0.1, -0.05) is 18.2 Å². The monoisotopic (exact) mass is 239 g/mol. The maximum absolute atomic E-state index is 8.50. The van der Waals surface area contributed by atoms with E-state index in [0.29, 0.717) is 12.5 Å². The number of hydrogen-bond donors (Lipinski definition) is 1. The Bertz CT molecular complexity index is 327. The van der Waals surface area contributed by atoms with E-state index in [1.54, 1.807) is 18.7 Å². The quantitative estimate of drug-likeness (QED) is 0.804. The Balaban J connectivity index is 0.000000160. The van der Waals surface area contributed by atoms with Gasteiger partial charge in [0.25, 0.3) is 0 Å². The van der Waals surface area contributed by atoms with Crippen LogP contribution in [0, 0.1) is 0 Å². The fourth-order valence-corrected chi connectivity index (χ4v) is 1.63. The molecule has 4 heteroatoms. The summed E-state index contributed by atoms with van der Waals surface area (Å²) in [7, 11) is 0. The number of aliphatic hydroxyl groups excluding tert-OH is 1. The lowest BCUT2D eigenvalue weighted by Gasteiger charge is -1.95. The minimum absolute atomic E-state index is 0.00463. The van der Waals surface area contributed by atoms with Gasteiger partial charge in [-0.25, -0.2) is 4.99 Å². The minimum Gasteiger partial charge on any atom is -0.479 e. The molecule has 0 aliphatic carbocycles. The van der Waals surface area contributed by atoms with Gasteiger partial charge >= 0.3 is 0 Å². The predicted octanol–water partition coefficient (Wildman–Crippen LogP) is 2.20. The smallest absolute Gasteiger partial charge is 0.180 e. The van der Waals surface area contributed by atoms with Crippen LogP contribution in [-0.4, -0.2) is 36.5 Å². The largest absolute Gasteiger partial charge is 0.479 e. The van der Waals surface area contributed by atoms with E-state index in [1.807, 2.05) is 18.2 Å². The highest BCUT2D eigenvalue weighted by molar-refractivity contribution is 7.98. The summed E-state index contributed by atoms with van der Waals surface area (Å²) in [5, 5.41) is 8.50. The summed E-state index contributed by atoms with van der Waals surface area (Å²) in [5.41, 5.74) is 0. The lowest BCUT2D eigenvalue weighted by molar-refractivity contribution is 0.227. The number of rotatable bonds is 2. The highest BCUT2D eigenvalue weighted by atomic mass is 32.2. The van der Waals surface area contributed by atoms with Crippen molar-refractivity contribution in [2.45, 2.75) is 17.9 Å². The molecule has 3 nitrogen and oxygen atoms in total. The summed E-state index contributed by atoms with van der Waals surface area (Å²) in [6, 6.07) is 10.3. The molecule has 16 heavy (non-hydrogen) atoms. The van der Waals surface area contributed by atoms with Gasteiger partial charge in [0, 0.05) is 11.8 Å². The Morgan fingerprint density at radius 1 is 1.44 bits per heavy atom. The first kappa shape index (κ1) is 13.1. The number of thioether (sulfide) groups is 1. The number of nitrogens with zero attached hydrogens (tertiary/aromatic N) is 1. The Morgan fingerprint density at radius 3 is 2.44 bits per heavy atom. The summed E-state index contributed by atoms with van der Waals surface area (Å²) in [4.78, 5) is 5.28. The zero-order valence-corrected chi connectivity index (χ0v) is 10.4. The molecule has 1 atom stereocenters. The minimum atomic E-state index is -0.00463. The van der Waals surface area contributed by atoms with Gasteiger partial charge in [-0.3, -0.25) is 0 Å². The number of benzene rings is 1. The zero-order valence-electron chi connectivity index (χ0n) is 9.59. The Labute approximate surface area is 101 Å². The second-order valence-electron chi connectivity index (χ2n) is 3.31. The molecule has 0 aromatic heterocycles. The van der Waals surface area contributed by atoms with Crippen LogP contribution in [0.15, 0.2) is 40.2 Å². The highest BCUT2D eigenvalue weighted by Gasteiger charge is 2.13. The van der Waals surface area contributed by atoms with Gasteiger partial charge in [0.2, 0.25) is 0 Å². The number of aliphatic imine (C=N–C) groups is 1. The van der Waals surface area contributed by atoms with Crippen molar-refractivity contribution < 1.29 is 9.84 Å². The normalized spacial score (nSPS) is 18.2. The second-order valence-corrected chi connectivity index (χ2v) is 4.19. The van der Waals surface area contributed by atoms with Crippen LogP contribution in [0.25, 0.3) is 0 Å². The molecule has 2 rings (SSSR count). The van der Waals surface area contributed by atoms with Crippen LogP contribution in [0.2, 0.25) is 0 Å². The third-order valence-corrected chi connectivity index (χ3v) is 2.78. The molecule has 0 bridgehead atoms. The van der Waals surface area contributed by atoms with Crippen LogP contribution < -0.4 is 0 Å². The van der Waals surface area contributed by atoms with E-state index in [-0.39, 0.29) is 12.6 Å². The van der Waals surface area contributed by atoms with Crippen LogP contribution in [0.5, 0.6) is 0 Å².